The first-order valence-electron chi connectivity index (χ1n) is 7.23. The van der Waals surface area contributed by atoms with Crippen molar-refractivity contribution in [3.05, 3.63) is 35.4 Å². The van der Waals surface area contributed by atoms with E-state index in [1.807, 2.05) is 49.9 Å². The van der Waals surface area contributed by atoms with E-state index in [9.17, 15) is 9.59 Å². The van der Waals surface area contributed by atoms with Crippen LogP contribution in [-0.4, -0.2) is 41.5 Å². The van der Waals surface area contributed by atoms with Gasteiger partial charge in [-0.15, -0.1) is 0 Å². The number of nitrogens with zero attached hydrogens (tertiary/aromatic N) is 1. The molecule has 0 aromatic heterocycles. The molecule has 0 heterocycles. The maximum Gasteiger partial charge on any atom is 0.304 e. The molecule has 1 unspecified atom stereocenters. The van der Waals surface area contributed by atoms with Gasteiger partial charge in [-0.3, -0.25) is 14.5 Å². The Morgan fingerprint density at radius 3 is 2.57 bits per heavy atom. The molecule has 1 atom stereocenters. The van der Waals surface area contributed by atoms with Crippen molar-refractivity contribution in [3.8, 4) is 0 Å². The monoisotopic (exact) mass is 292 g/mol. The normalized spacial score (nSPS) is 12.2. The van der Waals surface area contributed by atoms with Gasteiger partial charge in [0.25, 0.3) is 0 Å². The van der Waals surface area contributed by atoms with Crippen LogP contribution < -0.4 is 5.32 Å². The fraction of sp³-hybridized carbons (Fsp3) is 0.500. The first-order chi connectivity index (χ1) is 9.93. The van der Waals surface area contributed by atoms with Crippen LogP contribution in [0, 0.1) is 6.92 Å². The molecule has 1 aromatic carbocycles. The van der Waals surface area contributed by atoms with Crippen molar-refractivity contribution < 1.29 is 14.7 Å². The number of hydrogen-bond acceptors (Lipinski definition) is 3. The van der Waals surface area contributed by atoms with Gasteiger partial charge in [0, 0.05) is 6.54 Å². The van der Waals surface area contributed by atoms with E-state index >= 15 is 0 Å². The van der Waals surface area contributed by atoms with Gasteiger partial charge in [0.1, 0.15) is 0 Å². The van der Waals surface area contributed by atoms with Crippen LogP contribution in [0.15, 0.2) is 24.3 Å². The zero-order chi connectivity index (χ0) is 15.8. The third-order valence-electron chi connectivity index (χ3n) is 3.49. The summed E-state index contributed by atoms with van der Waals surface area (Å²) in [5.74, 6) is -0.930. The highest BCUT2D eigenvalue weighted by Gasteiger charge is 2.14. The van der Waals surface area contributed by atoms with E-state index in [0.717, 1.165) is 11.1 Å². The number of aryl methyl sites for hydroxylation is 1. The predicted molar refractivity (Wildman–Crippen MR) is 82.1 cm³/mol. The number of likely N-dealkylation sites (N-methyl/N-ethyl adjacent to an activating group) is 1. The largest absolute Gasteiger partial charge is 0.481 e. The van der Waals surface area contributed by atoms with Crippen LogP contribution in [0.25, 0.3) is 0 Å². The highest BCUT2D eigenvalue weighted by Crippen LogP contribution is 2.16. The quantitative estimate of drug-likeness (QED) is 0.768. The summed E-state index contributed by atoms with van der Waals surface area (Å²) >= 11 is 0. The van der Waals surface area contributed by atoms with Crippen molar-refractivity contribution >= 4 is 11.9 Å². The average Bonchev–Trinajstić information content (AvgIpc) is 2.43. The summed E-state index contributed by atoms with van der Waals surface area (Å²) in [5.41, 5.74) is 2.24. The van der Waals surface area contributed by atoms with Crippen molar-refractivity contribution in [1.82, 2.24) is 10.2 Å². The standard InChI is InChI=1S/C16H24N2O3/c1-4-18(10-9-16(20)21)11-15(19)17-13(3)14-8-6-5-7-12(14)2/h5-8,13H,4,9-11H2,1-3H3,(H,17,19)(H,20,21). The molecule has 0 saturated heterocycles. The molecule has 0 radical (unpaired) electrons. The predicted octanol–water partition coefficient (Wildman–Crippen LogP) is 1.97. The van der Waals surface area contributed by atoms with Crippen LogP contribution in [0.2, 0.25) is 0 Å². The molecule has 1 aromatic rings. The van der Waals surface area contributed by atoms with E-state index in [1.54, 1.807) is 0 Å². The molecule has 21 heavy (non-hydrogen) atoms. The summed E-state index contributed by atoms with van der Waals surface area (Å²) in [5, 5.41) is 11.7. The lowest BCUT2D eigenvalue weighted by atomic mass is 10.0. The summed E-state index contributed by atoms with van der Waals surface area (Å²) in [6.45, 7) is 7.15. The molecule has 0 spiro atoms. The summed E-state index contributed by atoms with van der Waals surface area (Å²) in [6.07, 6.45) is 0.0501. The van der Waals surface area contributed by atoms with Gasteiger partial charge in [0.05, 0.1) is 19.0 Å². The van der Waals surface area contributed by atoms with Crippen LogP contribution in [0.1, 0.15) is 37.4 Å². The molecular formula is C16H24N2O3. The van der Waals surface area contributed by atoms with Crippen LogP contribution in [0.4, 0.5) is 0 Å². The molecule has 5 heteroatoms. The number of carbonyl (C=O) groups excluding carboxylic acids is 1. The van der Waals surface area contributed by atoms with Gasteiger partial charge in [-0.2, -0.15) is 0 Å². The van der Waals surface area contributed by atoms with E-state index in [4.69, 9.17) is 5.11 Å². The molecule has 0 fully saturated rings. The minimum Gasteiger partial charge on any atom is -0.481 e. The zero-order valence-electron chi connectivity index (χ0n) is 12.9. The van der Waals surface area contributed by atoms with E-state index in [1.165, 1.54) is 0 Å². The number of carbonyl (C=O) groups is 2. The van der Waals surface area contributed by atoms with Gasteiger partial charge >= 0.3 is 5.97 Å². The van der Waals surface area contributed by atoms with Gasteiger partial charge in [-0.1, -0.05) is 31.2 Å². The summed E-state index contributed by atoms with van der Waals surface area (Å²) in [7, 11) is 0. The molecule has 116 valence electrons. The maximum absolute atomic E-state index is 12.1. The molecule has 0 aliphatic heterocycles. The minimum absolute atomic E-state index is 0.0501. The van der Waals surface area contributed by atoms with Gasteiger partial charge in [-0.05, 0) is 31.5 Å². The van der Waals surface area contributed by atoms with E-state index in [2.05, 4.69) is 5.32 Å². The molecule has 0 saturated carbocycles. The highest BCUT2D eigenvalue weighted by atomic mass is 16.4. The molecule has 2 N–H and O–H groups in total. The van der Waals surface area contributed by atoms with Crippen LogP contribution in [0.5, 0.6) is 0 Å². The Bertz CT molecular complexity index is 488. The first kappa shape index (κ1) is 17.2. The molecule has 0 bridgehead atoms. The Balaban J connectivity index is 2.52. The van der Waals surface area contributed by atoms with Crippen LogP contribution >= 0.6 is 0 Å². The van der Waals surface area contributed by atoms with Crippen LogP contribution in [0.3, 0.4) is 0 Å². The van der Waals surface area contributed by atoms with Crippen molar-refractivity contribution in [2.75, 3.05) is 19.6 Å². The number of carboxylic acid groups (broad SMARTS) is 1. The zero-order valence-corrected chi connectivity index (χ0v) is 12.9. The van der Waals surface area contributed by atoms with E-state index in [0.29, 0.717) is 13.1 Å². The molecular weight excluding hydrogens is 268 g/mol. The highest BCUT2D eigenvalue weighted by molar-refractivity contribution is 5.78. The third-order valence-corrected chi connectivity index (χ3v) is 3.49. The van der Waals surface area contributed by atoms with Gasteiger partial charge < -0.3 is 10.4 Å². The van der Waals surface area contributed by atoms with Crippen molar-refractivity contribution in [3.63, 3.8) is 0 Å². The Morgan fingerprint density at radius 2 is 2.00 bits per heavy atom. The lowest BCUT2D eigenvalue weighted by molar-refractivity contribution is -0.137. The Labute approximate surface area is 126 Å². The summed E-state index contributed by atoms with van der Waals surface area (Å²) in [6, 6.07) is 7.89. The van der Waals surface area contributed by atoms with Crippen molar-refractivity contribution in [2.45, 2.75) is 33.2 Å². The first-order valence-corrected chi connectivity index (χ1v) is 7.23. The molecule has 1 amide bonds. The molecule has 0 aliphatic carbocycles. The number of nitrogens with one attached hydrogen (secondary N) is 1. The maximum atomic E-state index is 12.1. The lowest BCUT2D eigenvalue weighted by Gasteiger charge is -2.21. The van der Waals surface area contributed by atoms with E-state index < -0.39 is 5.97 Å². The van der Waals surface area contributed by atoms with Crippen molar-refractivity contribution in [1.29, 1.82) is 0 Å². The smallest absolute Gasteiger partial charge is 0.304 e. The molecule has 0 aliphatic rings. The average molecular weight is 292 g/mol. The van der Waals surface area contributed by atoms with Crippen LogP contribution in [-0.2, 0) is 9.59 Å². The molecule has 5 nitrogen and oxygen atoms in total. The van der Waals surface area contributed by atoms with Gasteiger partial charge in [0.2, 0.25) is 5.91 Å². The minimum atomic E-state index is -0.845. The van der Waals surface area contributed by atoms with Crippen molar-refractivity contribution in [2.24, 2.45) is 0 Å². The number of rotatable bonds is 8. The number of amides is 1. The lowest BCUT2D eigenvalue weighted by Crippen LogP contribution is -2.39. The third kappa shape index (κ3) is 5.95. The number of aliphatic carboxylic acids is 1. The van der Waals surface area contributed by atoms with Gasteiger partial charge in [-0.25, -0.2) is 0 Å². The second-order valence-corrected chi connectivity index (χ2v) is 5.16. The Hall–Kier alpha value is -1.88. The summed E-state index contributed by atoms with van der Waals surface area (Å²) < 4.78 is 0. The van der Waals surface area contributed by atoms with E-state index in [-0.39, 0.29) is 24.9 Å². The Morgan fingerprint density at radius 1 is 1.33 bits per heavy atom. The summed E-state index contributed by atoms with van der Waals surface area (Å²) in [4.78, 5) is 24.5. The fourth-order valence-corrected chi connectivity index (χ4v) is 2.24. The Kier molecular flexibility index (Phi) is 6.88. The number of hydrogen-bond donors (Lipinski definition) is 2. The second-order valence-electron chi connectivity index (χ2n) is 5.16. The fourth-order valence-electron chi connectivity index (χ4n) is 2.24. The van der Waals surface area contributed by atoms with Gasteiger partial charge in [0.15, 0.2) is 0 Å². The molecule has 1 rings (SSSR count). The SMILES string of the molecule is CCN(CCC(=O)O)CC(=O)NC(C)c1ccccc1C. The number of benzene rings is 1. The number of carboxylic acids is 1. The topological polar surface area (TPSA) is 69.6 Å². The second kappa shape index (κ2) is 8.42.